The molecule has 5 heteroatoms. The number of aryl methyl sites for hydroxylation is 1. The zero-order valence-corrected chi connectivity index (χ0v) is 14.2. The molecule has 0 aliphatic carbocycles. The summed E-state index contributed by atoms with van der Waals surface area (Å²) in [5, 5.41) is 19.8. The number of nitriles is 1. The molecule has 0 amide bonds. The highest BCUT2D eigenvalue weighted by molar-refractivity contribution is 5.87. The third-order valence-electron chi connectivity index (χ3n) is 3.93. The van der Waals surface area contributed by atoms with Crippen molar-refractivity contribution in [1.29, 1.82) is 5.26 Å². The van der Waals surface area contributed by atoms with Crippen LogP contribution in [-0.2, 0) is 6.54 Å². The van der Waals surface area contributed by atoms with E-state index in [4.69, 9.17) is 0 Å². The van der Waals surface area contributed by atoms with Gasteiger partial charge in [-0.1, -0.05) is 25.5 Å². The van der Waals surface area contributed by atoms with E-state index < -0.39 is 5.56 Å². The van der Waals surface area contributed by atoms with Crippen LogP contribution in [0.5, 0.6) is 5.88 Å². The molecular weight excluding hydrogens is 302 g/mol. The molecular formula is C19H21N3O2. The summed E-state index contributed by atoms with van der Waals surface area (Å²) in [5.41, 5.74) is 2.28. The smallest absolute Gasteiger partial charge is 0.271 e. The number of nitrogens with zero attached hydrogens (tertiary/aromatic N) is 3. The summed E-state index contributed by atoms with van der Waals surface area (Å²) in [6, 6.07) is 9.60. The molecule has 0 spiro atoms. The van der Waals surface area contributed by atoms with E-state index in [1.165, 1.54) is 10.8 Å². The van der Waals surface area contributed by atoms with Crippen LogP contribution in [0.1, 0.15) is 42.0 Å². The minimum atomic E-state index is -0.450. The fourth-order valence-electron chi connectivity index (χ4n) is 2.50. The molecule has 24 heavy (non-hydrogen) atoms. The molecule has 0 fully saturated rings. The molecule has 0 unspecified atom stereocenters. The summed E-state index contributed by atoms with van der Waals surface area (Å²) in [5.74, 6) is -0.138. The van der Waals surface area contributed by atoms with Crippen molar-refractivity contribution in [2.75, 3.05) is 0 Å². The van der Waals surface area contributed by atoms with E-state index in [1.54, 1.807) is 6.92 Å². The van der Waals surface area contributed by atoms with Crippen molar-refractivity contribution < 1.29 is 5.11 Å². The quantitative estimate of drug-likeness (QED) is 0.854. The van der Waals surface area contributed by atoms with E-state index in [0.29, 0.717) is 17.7 Å². The first-order valence-electron chi connectivity index (χ1n) is 7.96. The molecule has 1 heterocycles. The minimum absolute atomic E-state index is 0.0506. The van der Waals surface area contributed by atoms with Crippen LogP contribution in [0.2, 0.25) is 0 Å². The predicted molar refractivity (Wildman–Crippen MR) is 95.2 cm³/mol. The molecule has 2 rings (SSSR count). The molecule has 0 aliphatic heterocycles. The van der Waals surface area contributed by atoms with Gasteiger partial charge in [0, 0.05) is 12.8 Å². The lowest BCUT2D eigenvalue weighted by Crippen LogP contribution is -2.25. The molecule has 0 bridgehead atoms. The van der Waals surface area contributed by atoms with Crippen molar-refractivity contribution in [2.45, 2.75) is 40.2 Å². The summed E-state index contributed by atoms with van der Waals surface area (Å²) >= 11 is 0. The molecule has 1 N–H and O–H groups in total. The molecule has 0 radical (unpaired) electrons. The van der Waals surface area contributed by atoms with Crippen molar-refractivity contribution in [3.8, 4) is 11.9 Å². The van der Waals surface area contributed by atoms with Gasteiger partial charge >= 0.3 is 0 Å². The highest BCUT2D eigenvalue weighted by Crippen LogP contribution is 2.22. The lowest BCUT2D eigenvalue weighted by Gasteiger charge is -2.13. The second-order valence-electron chi connectivity index (χ2n) is 5.76. The van der Waals surface area contributed by atoms with Gasteiger partial charge in [0.05, 0.1) is 11.3 Å². The average molecular weight is 323 g/mol. The third kappa shape index (κ3) is 3.54. The largest absolute Gasteiger partial charge is 0.494 e. The van der Waals surface area contributed by atoms with Gasteiger partial charge in [0.1, 0.15) is 11.6 Å². The van der Waals surface area contributed by atoms with Crippen LogP contribution in [0.25, 0.3) is 0 Å². The van der Waals surface area contributed by atoms with Crippen LogP contribution in [-0.4, -0.2) is 15.9 Å². The number of aliphatic imine (C=N–C) groups is 1. The van der Waals surface area contributed by atoms with Gasteiger partial charge in [-0.2, -0.15) is 5.26 Å². The summed E-state index contributed by atoms with van der Waals surface area (Å²) in [6.07, 6.45) is 3.15. The van der Waals surface area contributed by atoms with Gasteiger partial charge in [0.2, 0.25) is 5.88 Å². The highest BCUT2D eigenvalue weighted by atomic mass is 16.3. The Morgan fingerprint density at radius 3 is 2.75 bits per heavy atom. The molecule has 1 aromatic carbocycles. The highest BCUT2D eigenvalue weighted by Gasteiger charge is 2.17. The number of aromatic nitrogens is 1. The zero-order valence-electron chi connectivity index (χ0n) is 14.2. The predicted octanol–water partition coefficient (Wildman–Crippen LogP) is 3.59. The zero-order chi connectivity index (χ0) is 17.7. The Balaban J connectivity index is 2.56. The Morgan fingerprint density at radius 1 is 1.38 bits per heavy atom. The standard InChI is InChI=1S/C19H21N3O2/c1-4-5-9-22-18(23)16(11-20)14(3)17(19(22)24)12-21-15-8-6-7-13(2)10-15/h6-8,10,12,24H,4-5,9H2,1-3H3. The summed E-state index contributed by atoms with van der Waals surface area (Å²) in [7, 11) is 0. The molecule has 2 aromatic rings. The Bertz CT molecular complexity index is 873. The molecule has 1 aromatic heterocycles. The van der Waals surface area contributed by atoms with Gasteiger partial charge in [-0.05, 0) is 43.5 Å². The van der Waals surface area contributed by atoms with Crippen LogP contribution in [0.4, 0.5) is 5.69 Å². The second-order valence-corrected chi connectivity index (χ2v) is 5.76. The maximum absolute atomic E-state index is 12.4. The Labute approximate surface area is 141 Å². The first-order valence-corrected chi connectivity index (χ1v) is 7.96. The average Bonchev–Trinajstić information content (AvgIpc) is 2.55. The van der Waals surface area contributed by atoms with Crippen LogP contribution in [0.15, 0.2) is 34.1 Å². The van der Waals surface area contributed by atoms with Gasteiger partial charge in [0.15, 0.2) is 0 Å². The van der Waals surface area contributed by atoms with Gasteiger partial charge in [-0.3, -0.25) is 14.4 Å². The van der Waals surface area contributed by atoms with E-state index in [1.807, 2.05) is 44.2 Å². The Morgan fingerprint density at radius 2 is 2.12 bits per heavy atom. The van der Waals surface area contributed by atoms with E-state index in [-0.39, 0.29) is 11.4 Å². The normalized spacial score (nSPS) is 10.9. The Kier molecular flexibility index (Phi) is 5.54. The molecule has 5 nitrogen and oxygen atoms in total. The van der Waals surface area contributed by atoms with E-state index >= 15 is 0 Å². The van der Waals surface area contributed by atoms with Gasteiger partial charge < -0.3 is 5.11 Å². The van der Waals surface area contributed by atoms with Crippen molar-refractivity contribution in [3.63, 3.8) is 0 Å². The topological polar surface area (TPSA) is 78.4 Å². The maximum Gasteiger partial charge on any atom is 0.271 e. The SMILES string of the molecule is CCCCn1c(O)c(C=Nc2cccc(C)c2)c(C)c(C#N)c1=O. The van der Waals surface area contributed by atoms with Crippen LogP contribution in [0.3, 0.4) is 0 Å². The maximum atomic E-state index is 12.4. The van der Waals surface area contributed by atoms with Gasteiger partial charge in [-0.15, -0.1) is 0 Å². The number of benzene rings is 1. The lowest BCUT2D eigenvalue weighted by atomic mass is 10.1. The number of unbranched alkanes of at least 4 members (excludes halogenated alkanes) is 1. The monoisotopic (exact) mass is 323 g/mol. The van der Waals surface area contributed by atoms with Gasteiger partial charge in [-0.25, -0.2) is 0 Å². The fourth-order valence-corrected chi connectivity index (χ4v) is 2.50. The number of hydrogen-bond donors (Lipinski definition) is 1. The van der Waals surface area contributed by atoms with E-state index in [0.717, 1.165) is 24.1 Å². The number of rotatable bonds is 5. The summed E-state index contributed by atoms with van der Waals surface area (Å²) in [6.45, 7) is 6.00. The fraction of sp³-hybridized carbons (Fsp3) is 0.316. The van der Waals surface area contributed by atoms with E-state index in [9.17, 15) is 15.2 Å². The van der Waals surface area contributed by atoms with Crippen molar-refractivity contribution in [1.82, 2.24) is 4.57 Å². The number of hydrogen-bond acceptors (Lipinski definition) is 4. The third-order valence-corrected chi connectivity index (χ3v) is 3.93. The van der Waals surface area contributed by atoms with Crippen LogP contribution >= 0.6 is 0 Å². The van der Waals surface area contributed by atoms with E-state index in [2.05, 4.69) is 4.99 Å². The first-order chi connectivity index (χ1) is 11.5. The summed E-state index contributed by atoms with van der Waals surface area (Å²) in [4.78, 5) is 16.7. The van der Waals surface area contributed by atoms with Crippen molar-refractivity contribution >= 4 is 11.9 Å². The van der Waals surface area contributed by atoms with Gasteiger partial charge in [0.25, 0.3) is 5.56 Å². The molecule has 0 atom stereocenters. The molecule has 0 aliphatic rings. The minimum Gasteiger partial charge on any atom is -0.494 e. The molecule has 0 saturated carbocycles. The first kappa shape index (κ1) is 17.5. The van der Waals surface area contributed by atoms with Crippen LogP contribution < -0.4 is 5.56 Å². The molecule has 0 saturated heterocycles. The second kappa shape index (κ2) is 7.60. The lowest BCUT2D eigenvalue weighted by molar-refractivity contribution is 0.400. The van der Waals surface area contributed by atoms with Crippen molar-refractivity contribution in [2.24, 2.45) is 4.99 Å². The van der Waals surface area contributed by atoms with Crippen LogP contribution in [0, 0.1) is 25.2 Å². The number of aromatic hydroxyl groups is 1. The number of pyridine rings is 1. The van der Waals surface area contributed by atoms with Crippen molar-refractivity contribution in [3.05, 3.63) is 56.9 Å². The Hall–Kier alpha value is -2.87. The molecule has 124 valence electrons. The summed E-state index contributed by atoms with van der Waals surface area (Å²) < 4.78 is 1.26.